The molecule has 0 atom stereocenters. The first-order valence-corrected chi connectivity index (χ1v) is 8.38. The minimum absolute atomic E-state index is 0.0109. The third kappa shape index (κ3) is 5.55. The fraction of sp³-hybridized carbons (Fsp3) is 0.500. The Hall–Kier alpha value is -2.44. The first kappa shape index (κ1) is 18.9. The van der Waals surface area contributed by atoms with Crippen LogP contribution in [-0.2, 0) is 14.4 Å². The molecule has 0 spiro atoms. The van der Waals surface area contributed by atoms with Gasteiger partial charge in [-0.3, -0.25) is 14.4 Å². The molecule has 1 saturated carbocycles. The Morgan fingerprint density at radius 2 is 1.80 bits per heavy atom. The number of benzene rings is 1. The van der Waals surface area contributed by atoms with Crippen molar-refractivity contribution in [2.75, 3.05) is 10.6 Å². The molecule has 2 amide bonds. The summed E-state index contributed by atoms with van der Waals surface area (Å²) in [5, 5.41) is 14.2. The molecule has 1 aromatic rings. The molecule has 25 heavy (non-hydrogen) atoms. The largest absolute Gasteiger partial charge is 0.481 e. The van der Waals surface area contributed by atoms with E-state index in [-0.39, 0.29) is 24.4 Å². The van der Waals surface area contributed by atoms with Gasteiger partial charge in [-0.1, -0.05) is 19.3 Å². The van der Waals surface area contributed by atoms with Gasteiger partial charge >= 0.3 is 5.97 Å². The van der Waals surface area contributed by atoms with Crippen molar-refractivity contribution >= 4 is 29.2 Å². The highest BCUT2D eigenvalue weighted by molar-refractivity contribution is 5.93. The van der Waals surface area contributed by atoms with Crippen molar-refractivity contribution in [3.63, 3.8) is 0 Å². The van der Waals surface area contributed by atoms with Crippen LogP contribution in [0.5, 0.6) is 0 Å². The van der Waals surface area contributed by atoms with Gasteiger partial charge in [0.25, 0.3) is 0 Å². The highest BCUT2D eigenvalue weighted by Crippen LogP contribution is 2.42. The molecule has 6 nitrogen and oxygen atoms in total. The van der Waals surface area contributed by atoms with Crippen LogP contribution in [0.4, 0.5) is 15.8 Å². The molecule has 0 radical (unpaired) electrons. The molecular weight excluding hydrogens is 327 g/mol. The van der Waals surface area contributed by atoms with Gasteiger partial charge in [-0.15, -0.1) is 0 Å². The lowest BCUT2D eigenvalue weighted by Gasteiger charge is -2.35. The molecular formula is C18H23FN2O4. The number of hydrogen-bond donors (Lipinski definition) is 3. The second-order valence-electron chi connectivity index (χ2n) is 6.73. The van der Waals surface area contributed by atoms with Crippen LogP contribution in [0.15, 0.2) is 18.2 Å². The maximum atomic E-state index is 13.7. The predicted octanol–water partition coefficient (Wildman–Crippen LogP) is 3.54. The number of hydrogen-bond acceptors (Lipinski definition) is 3. The Morgan fingerprint density at radius 1 is 1.12 bits per heavy atom. The molecule has 3 N–H and O–H groups in total. The van der Waals surface area contributed by atoms with Crippen LogP contribution in [0.1, 0.15) is 51.9 Å². The lowest BCUT2D eigenvalue weighted by Crippen LogP contribution is -2.32. The van der Waals surface area contributed by atoms with Gasteiger partial charge in [-0.05, 0) is 36.5 Å². The van der Waals surface area contributed by atoms with Crippen molar-refractivity contribution < 1.29 is 23.9 Å². The fourth-order valence-electron chi connectivity index (χ4n) is 3.47. The Labute approximate surface area is 145 Å². The molecule has 0 aromatic heterocycles. The minimum atomic E-state index is -0.899. The van der Waals surface area contributed by atoms with Crippen molar-refractivity contribution in [3.8, 4) is 0 Å². The summed E-state index contributed by atoms with van der Waals surface area (Å²) in [6, 6.07) is 3.91. The van der Waals surface area contributed by atoms with Gasteiger partial charge in [0, 0.05) is 19.0 Å². The van der Waals surface area contributed by atoms with Crippen LogP contribution in [0.3, 0.4) is 0 Å². The molecule has 0 bridgehead atoms. The standard InChI is InChI=1S/C18H23FN2O4/c1-12(22)20-15-9-13(5-6-14(15)19)21-16(23)10-18(11-17(24)25)7-3-2-4-8-18/h5-6,9H,2-4,7-8,10-11H2,1H3,(H,20,22)(H,21,23)(H,24,25). The van der Waals surface area contributed by atoms with Crippen molar-refractivity contribution in [2.24, 2.45) is 5.41 Å². The number of anilines is 2. The number of amides is 2. The lowest BCUT2D eigenvalue weighted by molar-refractivity contribution is -0.141. The minimum Gasteiger partial charge on any atom is -0.481 e. The van der Waals surface area contributed by atoms with Crippen LogP contribution < -0.4 is 10.6 Å². The average Bonchev–Trinajstić information content (AvgIpc) is 2.50. The number of carbonyl (C=O) groups is 3. The van der Waals surface area contributed by atoms with Crippen molar-refractivity contribution in [3.05, 3.63) is 24.0 Å². The zero-order chi connectivity index (χ0) is 18.4. The monoisotopic (exact) mass is 350 g/mol. The van der Waals surface area contributed by atoms with E-state index in [1.165, 1.54) is 19.1 Å². The van der Waals surface area contributed by atoms with Crippen LogP contribution in [-0.4, -0.2) is 22.9 Å². The first-order valence-electron chi connectivity index (χ1n) is 8.38. The topological polar surface area (TPSA) is 95.5 Å². The summed E-state index contributed by atoms with van der Waals surface area (Å²) in [6.45, 7) is 1.27. The Morgan fingerprint density at radius 3 is 2.40 bits per heavy atom. The Kier molecular flexibility index (Phi) is 6.12. The number of rotatable bonds is 6. The lowest BCUT2D eigenvalue weighted by atomic mass is 9.69. The van der Waals surface area contributed by atoms with Crippen LogP contribution >= 0.6 is 0 Å². The summed E-state index contributed by atoms with van der Waals surface area (Å²) >= 11 is 0. The maximum absolute atomic E-state index is 13.7. The second kappa shape index (κ2) is 8.09. The molecule has 1 aliphatic carbocycles. The fourth-order valence-corrected chi connectivity index (χ4v) is 3.47. The van der Waals surface area contributed by atoms with E-state index in [0.717, 1.165) is 25.3 Å². The summed E-state index contributed by atoms with van der Waals surface area (Å²) in [6.07, 6.45) is 4.42. The van der Waals surface area contributed by atoms with E-state index in [1.54, 1.807) is 0 Å². The van der Waals surface area contributed by atoms with E-state index in [0.29, 0.717) is 18.5 Å². The van der Waals surface area contributed by atoms with Gasteiger partial charge in [0.1, 0.15) is 5.82 Å². The number of halogens is 1. The average molecular weight is 350 g/mol. The number of carboxylic acid groups (broad SMARTS) is 1. The highest BCUT2D eigenvalue weighted by atomic mass is 19.1. The first-order chi connectivity index (χ1) is 11.8. The molecule has 7 heteroatoms. The zero-order valence-electron chi connectivity index (χ0n) is 14.2. The van der Waals surface area contributed by atoms with Crippen molar-refractivity contribution in [2.45, 2.75) is 51.9 Å². The van der Waals surface area contributed by atoms with Gasteiger partial charge in [-0.2, -0.15) is 0 Å². The maximum Gasteiger partial charge on any atom is 0.303 e. The number of aliphatic carboxylic acids is 1. The van der Waals surface area contributed by atoms with E-state index >= 15 is 0 Å². The van der Waals surface area contributed by atoms with Gasteiger partial charge in [0.2, 0.25) is 11.8 Å². The van der Waals surface area contributed by atoms with Gasteiger partial charge in [0.05, 0.1) is 12.1 Å². The number of nitrogens with one attached hydrogen (secondary N) is 2. The Bertz CT molecular complexity index is 669. The van der Waals surface area contributed by atoms with Crippen molar-refractivity contribution in [1.29, 1.82) is 0 Å². The summed E-state index contributed by atoms with van der Waals surface area (Å²) in [5.74, 6) is -2.21. The smallest absolute Gasteiger partial charge is 0.303 e. The second-order valence-corrected chi connectivity index (χ2v) is 6.73. The van der Waals surface area contributed by atoms with Gasteiger partial charge < -0.3 is 15.7 Å². The molecule has 2 rings (SSSR count). The highest BCUT2D eigenvalue weighted by Gasteiger charge is 2.36. The number of carboxylic acids is 1. The predicted molar refractivity (Wildman–Crippen MR) is 91.7 cm³/mol. The molecule has 1 fully saturated rings. The Balaban J connectivity index is 2.07. The van der Waals surface area contributed by atoms with E-state index in [2.05, 4.69) is 10.6 Å². The molecule has 1 aromatic carbocycles. The summed E-state index contributed by atoms with van der Waals surface area (Å²) in [5.41, 5.74) is -0.172. The van der Waals surface area contributed by atoms with Crippen molar-refractivity contribution in [1.82, 2.24) is 0 Å². The van der Waals surface area contributed by atoms with Gasteiger partial charge in [0.15, 0.2) is 0 Å². The third-order valence-electron chi connectivity index (χ3n) is 4.54. The van der Waals surface area contributed by atoms with E-state index in [9.17, 15) is 23.9 Å². The molecule has 0 saturated heterocycles. The summed E-state index contributed by atoms with van der Waals surface area (Å²) < 4.78 is 13.7. The third-order valence-corrected chi connectivity index (χ3v) is 4.54. The van der Waals surface area contributed by atoms with Crippen LogP contribution in [0.25, 0.3) is 0 Å². The molecule has 1 aliphatic rings. The molecule has 0 aliphatic heterocycles. The van der Waals surface area contributed by atoms with E-state index in [4.69, 9.17) is 0 Å². The summed E-state index contributed by atoms with van der Waals surface area (Å²) in [4.78, 5) is 34.7. The molecule has 0 heterocycles. The van der Waals surface area contributed by atoms with Crippen LogP contribution in [0.2, 0.25) is 0 Å². The molecule has 0 unspecified atom stereocenters. The molecule has 136 valence electrons. The SMILES string of the molecule is CC(=O)Nc1cc(NC(=O)CC2(CC(=O)O)CCCCC2)ccc1F. The normalized spacial score (nSPS) is 16.1. The van der Waals surface area contributed by atoms with Gasteiger partial charge in [-0.25, -0.2) is 4.39 Å². The number of carbonyl (C=O) groups excluding carboxylic acids is 2. The van der Waals surface area contributed by atoms with E-state index in [1.807, 2.05) is 0 Å². The van der Waals surface area contributed by atoms with E-state index < -0.39 is 23.1 Å². The van der Waals surface area contributed by atoms with Crippen LogP contribution in [0, 0.1) is 11.2 Å². The zero-order valence-corrected chi connectivity index (χ0v) is 14.2. The summed E-state index contributed by atoms with van der Waals surface area (Å²) in [7, 11) is 0. The quantitative estimate of drug-likeness (QED) is 0.731.